The number of nitrogens with zero attached hydrogens (tertiary/aromatic N) is 1. The maximum atomic E-state index is 9.29. The van der Waals surface area contributed by atoms with E-state index in [0.717, 1.165) is 5.56 Å². The lowest BCUT2D eigenvalue weighted by Gasteiger charge is -2.11. The van der Waals surface area contributed by atoms with Gasteiger partial charge in [-0.15, -0.1) is 0 Å². The van der Waals surface area contributed by atoms with E-state index in [-0.39, 0.29) is 6.10 Å². The Kier molecular flexibility index (Phi) is 3.25. The van der Waals surface area contributed by atoms with Crippen molar-refractivity contribution < 1.29 is 9.84 Å². The number of pyridine rings is 1. The van der Waals surface area contributed by atoms with Crippen LogP contribution in [0.15, 0.2) is 18.5 Å². The third-order valence-electron chi connectivity index (χ3n) is 1.59. The molecule has 1 heterocycles. The molecular weight excluding hydrogens is 166 g/mol. The zero-order valence-corrected chi connectivity index (χ0v) is 8.19. The summed E-state index contributed by atoms with van der Waals surface area (Å²) in [6, 6.07) is 1.80. The Labute approximate surface area is 78.4 Å². The molecule has 0 bridgehead atoms. The van der Waals surface area contributed by atoms with Crippen molar-refractivity contribution in [3.05, 3.63) is 24.0 Å². The van der Waals surface area contributed by atoms with Crippen molar-refractivity contribution in [2.24, 2.45) is 0 Å². The Morgan fingerprint density at radius 3 is 2.54 bits per heavy atom. The molecule has 0 amide bonds. The van der Waals surface area contributed by atoms with Gasteiger partial charge in [-0.2, -0.15) is 0 Å². The summed E-state index contributed by atoms with van der Waals surface area (Å²) in [7, 11) is 0. The Bertz CT molecular complexity index is 271. The first-order chi connectivity index (χ1) is 6.09. The van der Waals surface area contributed by atoms with Crippen molar-refractivity contribution in [3.8, 4) is 5.75 Å². The highest BCUT2D eigenvalue weighted by Crippen LogP contribution is 2.17. The summed E-state index contributed by atoms with van der Waals surface area (Å²) < 4.78 is 5.43. The lowest BCUT2D eigenvalue weighted by atomic mass is 10.2. The van der Waals surface area contributed by atoms with Gasteiger partial charge in [0.25, 0.3) is 0 Å². The summed E-state index contributed by atoms with van der Waals surface area (Å²) >= 11 is 0. The van der Waals surface area contributed by atoms with E-state index in [0.29, 0.717) is 5.75 Å². The van der Waals surface area contributed by atoms with Gasteiger partial charge in [0, 0.05) is 11.8 Å². The molecule has 3 heteroatoms. The molecule has 1 rings (SSSR count). The van der Waals surface area contributed by atoms with E-state index >= 15 is 0 Å². The Morgan fingerprint density at radius 2 is 2.00 bits per heavy atom. The molecule has 1 unspecified atom stereocenters. The zero-order valence-electron chi connectivity index (χ0n) is 8.19. The molecule has 72 valence electrons. The molecule has 0 aliphatic heterocycles. The fourth-order valence-corrected chi connectivity index (χ4v) is 1.00. The van der Waals surface area contributed by atoms with Crippen LogP contribution in [0.5, 0.6) is 5.75 Å². The van der Waals surface area contributed by atoms with Gasteiger partial charge in [0.2, 0.25) is 0 Å². The molecule has 0 saturated carbocycles. The smallest absolute Gasteiger partial charge is 0.138 e. The van der Waals surface area contributed by atoms with E-state index in [1.54, 1.807) is 25.4 Å². The van der Waals surface area contributed by atoms with Gasteiger partial charge in [0.1, 0.15) is 5.75 Å². The van der Waals surface area contributed by atoms with Gasteiger partial charge in [-0.25, -0.2) is 0 Å². The number of ether oxygens (including phenoxy) is 1. The first-order valence-electron chi connectivity index (χ1n) is 4.39. The number of aromatic nitrogens is 1. The Hall–Kier alpha value is -1.09. The maximum absolute atomic E-state index is 9.29. The number of aliphatic hydroxyl groups is 1. The Morgan fingerprint density at radius 1 is 1.31 bits per heavy atom. The minimum absolute atomic E-state index is 0.131. The van der Waals surface area contributed by atoms with Crippen molar-refractivity contribution in [3.63, 3.8) is 0 Å². The van der Waals surface area contributed by atoms with Crippen molar-refractivity contribution in [2.45, 2.75) is 33.0 Å². The summed E-state index contributed by atoms with van der Waals surface area (Å²) in [6.45, 7) is 5.61. The molecule has 0 aromatic carbocycles. The molecule has 1 aromatic rings. The van der Waals surface area contributed by atoms with Crippen LogP contribution in [0.2, 0.25) is 0 Å². The van der Waals surface area contributed by atoms with E-state index in [1.165, 1.54) is 0 Å². The van der Waals surface area contributed by atoms with E-state index in [9.17, 15) is 5.11 Å². The van der Waals surface area contributed by atoms with E-state index < -0.39 is 6.10 Å². The Balaban J connectivity index is 2.79. The number of rotatable bonds is 3. The van der Waals surface area contributed by atoms with Crippen LogP contribution >= 0.6 is 0 Å². The van der Waals surface area contributed by atoms with Gasteiger partial charge >= 0.3 is 0 Å². The lowest BCUT2D eigenvalue weighted by Crippen LogP contribution is -2.06. The van der Waals surface area contributed by atoms with E-state index in [1.807, 2.05) is 13.8 Å². The molecule has 0 aliphatic carbocycles. The molecule has 1 N–H and O–H groups in total. The first kappa shape index (κ1) is 9.99. The van der Waals surface area contributed by atoms with Gasteiger partial charge in [-0.1, -0.05) is 0 Å². The molecule has 0 aliphatic rings. The summed E-state index contributed by atoms with van der Waals surface area (Å²) in [5.74, 6) is 0.702. The van der Waals surface area contributed by atoms with Gasteiger partial charge < -0.3 is 9.84 Å². The second kappa shape index (κ2) is 4.23. The van der Waals surface area contributed by atoms with Crippen LogP contribution in [-0.2, 0) is 0 Å². The van der Waals surface area contributed by atoms with Crippen LogP contribution in [0.4, 0.5) is 0 Å². The lowest BCUT2D eigenvalue weighted by molar-refractivity contribution is 0.196. The quantitative estimate of drug-likeness (QED) is 0.774. The number of hydrogen-bond donors (Lipinski definition) is 1. The molecule has 0 radical (unpaired) electrons. The van der Waals surface area contributed by atoms with Crippen LogP contribution in [0, 0.1) is 0 Å². The molecule has 3 nitrogen and oxygen atoms in total. The standard InChI is InChI=1S/C10H15NO2/c1-7(2)13-10-4-9(8(3)12)5-11-6-10/h4-8,12H,1-3H3. The first-order valence-corrected chi connectivity index (χ1v) is 4.39. The largest absolute Gasteiger partial charge is 0.489 e. The average molecular weight is 181 g/mol. The van der Waals surface area contributed by atoms with Crippen molar-refractivity contribution in [2.75, 3.05) is 0 Å². The molecule has 0 spiro atoms. The molecule has 1 atom stereocenters. The number of aliphatic hydroxyl groups excluding tert-OH is 1. The topological polar surface area (TPSA) is 42.4 Å². The van der Waals surface area contributed by atoms with Crippen LogP contribution in [0.3, 0.4) is 0 Å². The predicted molar refractivity (Wildman–Crippen MR) is 50.6 cm³/mol. The van der Waals surface area contributed by atoms with Gasteiger partial charge in [-0.3, -0.25) is 4.98 Å². The van der Waals surface area contributed by atoms with E-state index in [4.69, 9.17) is 4.74 Å². The molecule has 1 aromatic heterocycles. The molecule has 0 fully saturated rings. The number of hydrogen-bond acceptors (Lipinski definition) is 3. The fraction of sp³-hybridized carbons (Fsp3) is 0.500. The summed E-state index contributed by atoms with van der Waals surface area (Å²) in [5.41, 5.74) is 0.776. The third-order valence-corrected chi connectivity index (χ3v) is 1.59. The third kappa shape index (κ3) is 3.03. The van der Waals surface area contributed by atoms with Gasteiger partial charge in [-0.05, 0) is 26.8 Å². The molecule has 0 saturated heterocycles. The average Bonchev–Trinajstić information content (AvgIpc) is 2.03. The summed E-state index contributed by atoms with van der Waals surface area (Å²) in [5, 5.41) is 9.29. The van der Waals surface area contributed by atoms with Gasteiger partial charge in [0.15, 0.2) is 0 Å². The van der Waals surface area contributed by atoms with Crippen LogP contribution < -0.4 is 4.74 Å². The van der Waals surface area contributed by atoms with Crippen molar-refractivity contribution in [1.29, 1.82) is 0 Å². The highest BCUT2D eigenvalue weighted by atomic mass is 16.5. The monoisotopic (exact) mass is 181 g/mol. The second-order valence-corrected chi connectivity index (χ2v) is 3.30. The van der Waals surface area contributed by atoms with Crippen LogP contribution in [-0.4, -0.2) is 16.2 Å². The highest BCUT2D eigenvalue weighted by molar-refractivity contribution is 5.24. The van der Waals surface area contributed by atoms with E-state index in [2.05, 4.69) is 4.98 Å². The molecular formula is C10H15NO2. The van der Waals surface area contributed by atoms with Crippen LogP contribution in [0.25, 0.3) is 0 Å². The molecule has 13 heavy (non-hydrogen) atoms. The van der Waals surface area contributed by atoms with Gasteiger partial charge in [0.05, 0.1) is 18.4 Å². The SMILES string of the molecule is CC(C)Oc1cncc(C(C)O)c1. The minimum atomic E-state index is -0.497. The summed E-state index contributed by atoms with van der Waals surface area (Å²) in [6.07, 6.45) is 2.92. The normalized spacial score (nSPS) is 13.0. The van der Waals surface area contributed by atoms with Crippen LogP contribution in [0.1, 0.15) is 32.4 Å². The minimum Gasteiger partial charge on any atom is -0.489 e. The maximum Gasteiger partial charge on any atom is 0.138 e. The second-order valence-electron chi connectivity index (χ2n) is 3.30. The summed E-state index contributed by atoms with van der Waals surface area (Å²) in [4.78, 5) is 3.97. The van der Waals surface area contributed by atoms with Crippen molar-refractivity contribution in [1.82, 2.24) is 4.98 Å². The highest BCUT2D eigenvalue weighted by Gasteiger charge is 2.03. The fourth-order valence-electron chi connectivity index (χ4n) is 1.00. The predicted octanol–water partition coefficient (Wildman–Crippen LogP) is 1.92. The zero-order chi connectivity index (χ0) is 9.84. The van der Waals surface area contributed by atoms with Crippen molar-refractivity contribution >= 4 is 0 Å².